The number of benzene rings is 3. The van der Waals surface area contributed by atoms with Gasteiger partial charge in [-0.05, 0) is 73.6 Å². The Bertz CT molecular complexity index is 1700. The molecule has 1 saturated heterocycles. The van der Waals surface area contributed by atoms with Gasteiger partial charge >= 0.3 is 5.97 Å². The summed E-state index contributed by atoms with van der Waals surface area (Å²) in [5, 5.41) is 1.35. The van der Waals surface area contributed by atoms with Gasteiger partial charge in [-0.25, -0.2) is 4.39 Å². The molecule has 4 aromatic rings. The summed E-state index contributed by atoms with van der Waals surface area (Å²) in [5.74, 6) is -0.674. The molecule has 1 fully saturated rings. The Labute approximate surface area is 253 Å². The van der Waals surface area contributed by atoms with E-state index in [1.807, 2.05) is 42.8 Å². The molecular formula is C32H29ClFN3O4S. The summed E-state index contributed by atoms with van der Waals surface area (Å²) in [6, 6.07) is 17.5. The van der Waals surface area contributed by atoms with Crippen molar-refractivity contribution in [2.45, 2.75) is 26.8 Å². The van der Waals surface area contributed by atoms with Crippen LogP contribution in [-0.2, 0) is 27.3 Å². The molecule has 0 spiro atoms. The first-order chi connectivity index (χ1) is 20.3. The van der Waals surface area contributed by atoms with E-state index >= 15 is 0 Å². The maximum Gasteiger partial charge on any atom is 0.325 e. The van der Waals surface area contributed by atoms with Crippen molar-refractivity contribution >= 4 is 63.5 Å². The van der Waals surface area contributed by atoms with E-state index in [1.54, 1.807) is 42.5 Å². The van der Waals surface area contributed by atoms with E-state index in [2.05, 4.69) is 0 Å². The van der Waals surface area contributed by atoms with E-state index in [1.165, 1.54) is 23.0 Å². The van der Waals surface area contributed by atoms with Gasteiger partial charge in [0.1, 0.15) is 23.8 Å². The third-order valence-electron chi connectivity index (χ3n) is 7.13. The molecule has 216 valence electrons. The monoisotopic (exact) mass is 605 g/mol. The zero-order valence-corrected chi connectivity index (χ0v) is 25.0. The lowest BCUT2D eigenvalue weighted by Crippen LogP contribution is -2.35. The van der Waals surface area contributed by atoms with Crippen molar-refractivity contribution in [1.82, 2.24) is 9.47 Å². The van der Waals surface area contributed by atoms with Gasteiger partial charge in [0.05, 0.1) is 31.5 Å². The largest absolute Gasteiger partial charge is 0.494 e. The lowest BCUT2D eigenvalue weighted by atomic mass is 10.1. The highest BCUT2D eigenvalue weighted by atomic mass is 35.5. The van der Waals surface area contributed by atoms with E-state index in [-0.39, 0.29) is 23.9 Å². The number of hydrogen-bond acceptors (Lipinski definition) is 5. The number of anilines is 1. The average molecular weight is 606 g/mol. The second kappa shape index (κ2) is 12.3. The van der Waals surface area contributed by atoms with E-state index in [4.69, 9.17) is 33.3 Å². The number of fused-ring (bicyclic) bond motifs is 1. The highest BCUT2D eigenvalue weighted by Crippen LogP contribution is 2.34. The van der Waals surface area contributed by atoms with Crippen molar-refractivity contribution < 1.29 is 23.5 Å². The minimum Gasteiger partial charge on any atom is -0.494 e. The number of aryl methyl sites for hydroxylation is 1. The van der Waals surface area contributed by atoms with Gasteiger partial charge in [-0.1, -0.05) is 42.8 Å². The quantitative estimate of drug-likeness (QED) is 0.122. The van der Waals surface area contributed by atoms with Crippen LogP contribution in [0.2, 0.25) is 5.02 Å². The van der Waals surface area contributed by atoms with E-state index < -0.39 is 17.7 Å². The standard InChI is InChI=1S/C32H29ClFN3O4S/c1-4-20-8-6-9-24-21(17-35(30(20)24)18-25-26(33)10-7-11-27(25)34)16-28-31(39)37(32(42)36(28)19-29(38)40-3)22-12-14-23(15-13-22)41-5-2/h6-17H,4-5,18-19H2,1-3H3/b28-16-. The molecule has 0 saturated carbocycles. The van der Waals surface area contributed by atoms with Gasteiger partial charge in [0.25, 0.3) is 5.91 Å². The number of carbonyl (C=O) groups excluding carboxylic acids is 2. The number of halogens is 2. The third-order valence-corrected chi connectivity index (χ3v) is 7.89. The number of methoxy groups -OCH3 is 1. The first-order valence-corrected chi connectivity index (χ1v) is 14.3. The maximum absolute atomic E-state index is 14.8. The number of aromatic nitrogens is 1. The molecule has 1 amide bonds. The summed E-state index contributed by atoms with van der Waals surface area (Å²) in [6.45, 7) is 4.39. The molecule has 0 unspecified atom stereocenters. The van der Waals surface area contributed by atoms with Crippen LogP contribution in [0.25, 0.3) is 17.0 Å². The summed E-state index contributed by atoms with van der Waals surface area (Å²) >= 11 is 12.1. The van der Waals surface area contributed by atoms with Gasteiger partial charge in [0, 0.05) is 27.7 Å². The van der Waals surface area contributed by atoms with Crippen LogP contribution >= 0.6 is 23.8 Å². The van der Waals surface area contributed by atoms with Crippen molar-refractivity contribution in [3.8, 4) is 5.75 Å². The van der Waals surface area contributed by atoms with Crippen molar-refractivity contribution in [1.29, 1.82) is 0 Å². The number of para-hydroxylation sites is 1. The molecule has 42 heavy (non-hydrogen) atoms. The van der Waals surface area contributed by atoms with Gasteiger partial charge < -0.3 is 18.9 Å². The minimum atomic E-state index is -0.547. The fourth-order valence-corrected chi connectivity index (χ4v) is 5.68. The lowest BCUT2D eigenvalue weighted by molar-refractivity contribution is -0.140. The van der Waals surface area contributed by atoms with Crippen LogP contribution in [0.5, 0.6) is 5.75 Å². The predicted molar refractivity (Wildman–Crippen MR) is 166 cm³/mol. The zero-order valence-electron chi connectivity index (χ0n) is 23.4. The SMILES string of the molecule is CCOc1ccc(N2C(=O)/C(=C/c3cn(Cc4c(F)cccc4Cl)c4c(CC)cccc34)N(CC(=O)OC)C2=S)cc1. The molecule has 1 aliphatic heterocycles. The predicted octanol–water partition coefficient (Wildman–Crippen LogP) is 6.59. The molecular weight excluding hydrogens is 577 g/mol. The van der Waals surface area contributed by atoms with Gasteiger partial charge in [0.15, 0.2) is 5.11 Å². The van der Waals surface area contributed by atoms with Gasteiger partial charge in [-0.3, -0.25) is 14.5 Å². The first kappa shape index (κ1) is 29.3. The van der Waals surface area contributed by atoms with Crippen LogP contribution in [-0.4, -0.2) is 46.7 Å². The van der Waals surface area contributed by atoms with Crippen LogP contribution in [0, 0.1) is 5.82 Å². The van der Waals surface area contributed by atoms with Gasteiger partial charge in [0.2, 0.25) is 0 Å². The smallest absolute Gasteiger partial charge is 0.325 e. The normalized spacial score (nSPS) is 14.4. The fraction of sp³-hybridized carbons (Fsp3) is 0.219. The van der Waals surface area contributed by atoms with E-state index in [0.29, 0.717) is 34.2 Å². The minimum absolute atomic E-state index is 0.150. The molecule has 0 N–H and O–H groups in total. The highest BCUT2D eigenvalue weighted by Gasteiger charge is 2.40. The molecule has 0 aliphatic carbocycles. The molecule has 5 rings (SSSR count). The van der Waals surface area contributed by atoms with Gasteiger partial charge in [-0.2, -0.15) is 0 Å². The number of amides is 1. The Kier molecular flexibility index (Phi) is 8.61. The molecule has 1 aliphatic rings. The number of hydrogen-bond donors (Lipinski definition) is 0. The summed E-state index contributed by atoms with van der Waals surface area (Å²) in [6.07, 6.45) is 4.32. The second-order valence-electron chi connectivity index (χ2n) is 9.62. The number of thiocarbonyl (C=S) groups is 1. The Balaban J connectivity index is 1.63. The number of rotatable bonds is 9. The van der Waals surface area contributed by atoms with Crippen LogP contribution in [0.3, 0.4) is 0 Å². The Hall–Kier alpha value is -4.21. The molecule has 0 radical (unpaired) electrons. The molecule has 0 atom stereocenters. The number of nitrogens with zero attached hydrogens (tertiary/aromatic N) is 3. The first-order valence-electron chi connectivity index (χ1n) is 13.5. The van der Waals surface area contributed by atoms with Crippen molar-refractivity contribution in [2.24, 2.45) is 0 Å². The maximum atomic E-state index is 14.8. The van der Waals surface area contributed by atoms with Crippen LogP contribution in [0.4, 0.5) is 10.1 Å². The zero-order chi connectivity index (χ0) is 30.0. The number of carbonyl (C=O) groups is 2. The van der Waals surface area contributed by atoms with E-state index in [0.717, 1.165) is 22.9 Å². The third kappa shape index (κ3) is 5.49. The van der Waals surface area contributed by atoms with Crippen molar-refractivity contribution in [3.05, 3.63) is 100 Å². The highest BCUT2D eigenvalue weighted by molar-refractivity contribution is 7.80. The molecule has 10 heteroatoms. The fourth-order valence-electron chi connectivity index (χ4n) is 5.10. The summed E-state index contributed by atoms with van der Waals surface area (Å²) in [5.41, 5.74) is 3.79. The van der Waals surface area contributed by atoms with Crippen LogP contribution in [0.15, 0.2) is 72.6 Å². The molecule has 3 aromatic carbocycles. The molecule has 7 nitrogen and oxygen atoms in total. The Morgan fingerprint density at radius 3 is 2.48 bits per heavy atom. The molecule has 0 bridgehead atoms. The Morgan fingerprint density at radius 2 is 1.81 bits per heavy atom. The summed E-state index contributed by atoms with van der Waals surface area (Å²) < 4.78 is 27.2. The van der Waals surface area contributed by atoms with Gasteiger partial charge in [-0.15, -0.1) is 0 Å². The Morgan fingerprint density at radius 1 is 1.07 bits per heavy atom. The topological polar surface area (TPSA) is 64.0 Å². The summed E-state index contributed by atoms with van der Waals surface area (Å²) in [7, 11) is 1.28. The average Bonchev–Trinajstić information content (AvgIpc) is 3.45. The van der Waals surface area contributed by atoms with Crippen LogP contribution in [0.1, 0.15) is 30.5 Å². The molecule has 2 heterocycles. The number of ether oxygens (including phenoxy) is 2. The number of esters is 1. The van der Waals surface area contributed by atoms with Crippen molar-refractivity contribution in [3.63, 3.8) is 0 Å². The van der Waals surface area contributed by atoms with E-state index in [9.17, 15) is 14.0 Å². The lowest BCUT2D eigenvalue weighted by Gasteiger charge is -2.19. The van der Waals surface area contributed by atoms with Crippen LogP contribution < -0.4 is 9.64 Å². The summed E-state index contributed by atoms with van der Waals surface area (Å²) in [4.78, 5) is 29.2. The molecule has 1 aromatic heterocycles. The second-order valence-corrected chi connectivity index (χ2v) is 10.4. The van der Waals surface area contributed by atoms with Crippen molar-refractivity contribution in [2.75, 3.05) is 25.2 Å².